The summed E-state index contributed by atoms with van der Waals surface area (Å²) in [6, 6.07) is 7.15. The highest BCUT2D eigenvalue weighted by Crippen LogP contribution is 2.27. The van der Waals surface area contributed by atoms with Crippen molar-refractivity contribution in [3.63, 3.8) is 0 Å². The summed E-state index contributed by atoms with van der Waals surface area (Å²) in [6.45, 7) is 4.55. The van der Waals surface area contributed by atoms with Crippen LogP contribution in [0.5, 0.6) is 5.75 Å². The SMILES string of the molecule is O=c1cc(N2CCC2)cnn1C1CCCN(Cc2cc(O)ccc2Br)C1. The van der Waals surface area contributed by atoms with Crippen LogP contribution in [0, 0.1) is 0 Å². The molecule has 26 heavy (non-hydrogen) atoms. The maximum atomic E-state index is 12.6. The number of rotatable bonds is 4. The van der Waals surface area contributed by atoms with Gasteiger partial charge in [0.05, 0.1) is 17.9 Å². The minimum absolute atomic E-state index is 0.0141. The molecule has 3 heterocycles. The molecule has 1 unspecified atom stereocenters. The fraction of sp³-hybridized carbons (Fsp3) is 0.474. The number of hydrogen-bond donors (Lipinski definition) is 1. The Hall–Kier alpha value is -1.86. The number of piperidine rings is 1. The predicted octanol–water partition coefficient (Wildman–Crippen LogP) is 2.76. The number of phenolic OH excluding ortho intramolecular Hbond substituents is 1. The molecule has 1 N–H and O–H groups in total. The lowest BCUT2D eigenvalue weighted by Crippen LogP contribution is -2.41. The van der Waals surface area contributed by atoms with Gasteiger partial charge in [0.15, 0.2) is 0 Å². The van der Waals surface area contributed by atoms with Gasteiger partial charge in [-0.3, -0.25) is 9.69 Å². The van der Waals surface area contributed by atoms with E-state index in [1.165, 1.54) is 6.42 Å². The van der Waals surface area contributed by atoms with Gasteiger partial charge in [0.25, 0.3) is 5.56 Å². The van der Waals surface area contributed by atoms with Crippen LogP contribution in [0.1, 0.15) is 30.9 Å². The van der Waals surface area contributed by atoms with Gasteiger partial charge in [0.1, 0.15) is 5.75 Å². The first kappa shape index (κ1) is 17.5. The molecule has 2 aliphatic heterocycles. The van der Waals surface area contributed by atoms with Crippen LogP contribution >= 0.6 is 15.9 Å². The number of aromatic hydroxyl groups is 1. The van der Waals surface area contributed by atoms with Crippen LogP contribution in [-0.2, 0) is 6.54 Å². The van der Waals surface area contributed by atoms with Crippen molar-refractivity contribution in [2.24, 2.45) is 0 Å². The van der Waals surface area contributed by atoms with Gasteiger partial charge in [-0.1, -0.05) is 15.9 Å². The van der Waals surface area contributed by atoms with Gasteiger partial charge < -0.3 is 10.0 Å². The Kier molecular flexibility index (Phi) is 5.00. The van der Waals surface area contributed by atoms with Crippen LogP contribution < -0.4 is 10.5 Å². The molecule has 0 saturated carbocycles. The molecule has 1 aromatic carbocycles. The van der Waals surface area contributed by atoms with Crippen LogP contribution in [0.2, 0.25) is 0 Å². The van der Waals surface area contributed by atoms with E-state index in [0.29, 0.717) is 0 Å². The topological polar surface area (TPSA) is 61.6 Å². The molecule has 0 spiro atoms. The van der Waals surface area contributed by atoms with Crippen molar-refractivity contribution in [1.82, 2.24) is 14.7 Å². The van der Waals surface area contributed by atoms with Crippen molar-refractivity contribution in [3.05, 3.63) is 50.9 Å². The number of hydrogen-bond acceptors (Lipinski definition) is 5. The number of likely N-dealkylation sites (tertiary alicyclic amines) is 1. The summed E-state index contributed by atoms with van der Waals surface area (Å²) < 4.78 is 2.64. The Morgan fingerprint density at radius 2 is 2.04 bits per heavy atom. The molecule has 0 bridgehead atoms. The van der Waals surface area contributed by atoms with E-state index in [2.05, 4.69) is 30.8 Å². The average Bonchev–Trinajstić information content (AvgIpc) is 2.57. The van der Waals surface area contributed by atoms with E-state index in [0.717, 1.165) is 61.3 Å². The van der Waals surface area contributed by atoms with Crippen molar-refractivity contribution in [1.29, 1.82) is 0 Å². The van der Waals surface area contributed by atoms with Gasteiger partial charge in [0, 0.05) is 36.7 Å². The molecule has 7 heteroatoms. The molecule has 138 valence electrons. The molecule has 0 radical (unpaired) electrons. The van der Waals surface area contributed by atoms with Crippen molar-refractivity contribution in [3.8, 4) is 5.75 Å². The summed E-state index contributed by atoms with van der Waals surface area (Å²) in [5.74, 6) is 0.274. The summed E-state index contributed by atoms with van der Waals surface area (Å²) in [7, 11) is 0. The van der Waals surface area contributed by atoms with Crippen molar-refractivity contribution in [2.45, 2.75) is 31.8 Å². The maximum absolute atomic E-state index is 12.6. The third-order valence-corrected chi connectivity index (χ3v) is 6.06. The Balaban J connectivity index is 1.48. The number of aromatic nitrogens is 2. The smallest absolute Gasteiger partial charge is 0.269 e. The van der Waals surface area contributed by atoms with Crippen LogP contribution in [-0.4, -0.2) is 46.0 Å². The Bertz CT molecular complexity index is 850. The summed E-state index contributed by atoms with van der Waals surface area (Å²) in [5.41, 5.74) is 1.98. The quantitative estimate of drug-likeness (QED) is 0.826. The lowest BCUT2D eigenvalue weighted by molar-refractivity contribution is 0.159. The molecule has 0 aliphatic carbocycles. The first-order chi connectivity index (χ1) is 12.6. The minimum Gasteiger partial charge on any atom is -0.508 e. The van der Waals surface area contributed by atoms with Crippen LogP contribution in [0.4, 0.5) is 5.69 Å². The van der Waals surface area contributed by atoms with Gasteiger partial charge in [-0.15, -0.1) is 0 Å². The number of phenols is 1. The fourth-order valence-corrected chi connectivity index (χ4v) is 4.10. The van der Waals surface area contributed by atoms with E-state index in [4.69, 9.17) is 0 Å². The van der Waals surface area contributed by atoms with Crippen molar-refractivity contribution in [2.75, 3.05) is 31.1 Å². The fourth-order valence-electron chi connectivity index (χ4n) is 3.73. The van der Waals surface area contributed by atoms with Gasteiger partial charge in [-0.2, -0.15) is 5.10 Å². The zero-order valence-corrected chi connectivity index (χ0v) is 16.2. The standard InChI is InChI=1S/C19H23BrN4O2/c20-18-5-4-17(25)9-14(18)12-22-6-1-3-15(13-22)24-19(26)10-16(11-21-24)23-7-2-8-23/h4-5,9-11,15,25H,1-3,6-8,12-13H2. The second-order valence-corrected chi connectivity index (χ2v) is 8.00. The molecule has 6 nitrogen and oxygen atoms in total. The van der Waals surface area contributed by atoms with Crippen LogP contribution in [0.3, 0.4) is 0 Å². The van der Waals surface area contributed by atoms with Crippen molar-refractivity contribution >= 4 is 21.6 Å². The van der Waals surface area contributed by atoms with Gasteiger partial charge >= 0.3 is 0 Å². The van der Waals surface area contributed by atoms with Gasteiger partial charge in [0.2, 0.25) is 0 Å². The Morgan fingerprint density at radius 3 is 2.77 bits per heavy atom. The zero-order chi connectivity index (χ0) is 18.1. The monoisotopic (exact) mass is 418 g/mol. The molecule has 2 aliphatic rings. The third kappa shape index (κ3) is 3.64. The second-order valence-electron chi connectivity index (χ2n) is 7.14. The number of benzene rings is 1. The average molecular weight is 419 g/mol. The van der Waals surface area contributed by atoms with E-state index in [1.807, 2.05) is 12.3 Å². The second kappa shape index (κ2) is 7.40. The van der Waals surface area contributed by atoms with E-state index in [-0.39, 0.29) is 17.4 Å². The first-order valence-electron chi connectivity index (χ1n) is 9.14. The van der Waals surface area contributed by atoms with Crippen LogP contribution in [0.15, 0.2) is 39.7 Å². The zero-order valence-electron chi connectivity index (χ0n) is 14.6. The summed E-state index contributed by atoms with van der Waals surface area (Å²) in [4.78, 5) is 17.1. The summed E-state index contributed by atoms with van der Waals surface area (Å²) >= 11 is 3.55. The Morgan fingerprint density at radius 1 is 1.19 bits per heavy atom. The minimum atomic E-state index is -0.0141. The lowest BCUT2D eigenvalue weighted by Gasteiger charge is -2.34. The lowest BCUT2D eigenvalue weighted by atomic mass is 10.0. The van der Waals surface area contributed by atoms with E-state index in [9.17, 15) is 9.90 Å². The predicted molar refractivity (Wildman–Crippen MR) is 105 cm³/mol. The molecular weight excluding hydrogens is 396 g/mol. The number of nitrogens with zero attached hydrogens (tertiary/aromatic N) is 4. The molecule has 4 rings (SSSR count). The summed E-state index contributed by atoms with van der Waals surface area (Å²) in [6.07, 6.45) is 5.01. The van der Waals surface area contributed by atoms with Gasteiger partial charge in [-0.25, -0.2) is 4.68 Å². The highest BCUT2D eigenvalue weighted by Gasteiger charge is 2.24. The third-order valence-electron chi connectivity index (χ3n) is 5.28. The molecule has 2 fully saturated rings. The molecule has 1 aromatic heterocycles. The van der Waals surface area contributed by atoms with E-state index in [1.54, 1.807) is 22.9 Å². The number of halogens is 1. The largest absolute Gasteiger partial charge is 0.508 e. The molecule has 2 saturated heterocycles. The highest BCUT2D eigenvalue weighted by atomic mass is 79.9. The summed E-state index contributed by atoms with van der Waals surface area (Å²) in [5, 5.41) is 14.2. The number of anilines is 1. The molecule has 1 atom stereocenters. The maximum Gasteiger partial charge on any atom is 0.269 e. The molecular formula is C19H23BrN4O2. The van der Waals surface area contributed by atoms with E-state index < -0.39 is 0 Å². The highest BCUT2D eigenvalue weighted by molar-refractivity contribution is 9.10. The van der Waals surface area contributed by atoms with E-state index >= 15 is 0 Å². The van der Waals surface area contributed by atoms with Crippen molar-refractivity contribution < 1.29 is 5.11 Å². The first-order valence-corrected chi connectivity index (χ1v) is 9.93. The van der Waals surface area contributed by atoms with Crippen LogP contribution in [0.25, 0.3) is 0 Å². The molecule has 2 aromatic rings. The van der Waals surface area contributed by atoms with Gasteiger partial charge in [-0.05, 0) is 49.6 Å². The molecule has 0 amide bonds. The normalized spacial score (nSPS) is 20.8. The Labute approximate surface area is 161 Å².